The Balaban J connectivity index is 1.63. The second kappa shape index (κ2) is 6.97. The number of carbonyl (C=O) groups excluding carboxylic acids is 3. The predicted molar refractivity (Wildman–Crippen MR) is 93.2 cm³/mol. The molecule has 7 nitrogen and oxygen atoms in total. The maximum atomic E-state index is 12.4. The molecule has 0 spiro atoms. The normalized spacial score (nSPS) is 22.3. The van der Waals surface area contributed by atoms with Gasteiger partial charge in [0.2, 0.25) is 5.91 Å². The van der Waals surface area contributed by atoms with Crippen LogP contribution < -0.4 is 0 Å². The van der Waals surface area contributed by atoms with Crippen LogP contribution in [0.2, 0.25) is 0 Å². The van der Waals surface area contributed by atoms with Crippen LogP contribution >= 0.6 is 0 Å². The predicted octanol–water partition coefficient (Wildman–Crippen LogP) is 2.93. The average Bonchev–Trinajstić information content (AvgIpc) is 3.09. The van der Waals surface area contributed by atoms with Gasteiger partial charge in [0.15, 0.2) is 0 Å². The molecule has 0 saturated carbocycles. The zero-order chi connectivity index (χ0) is 18.9. The van der Waals surface area contributed by atoms with Gasteiger partial charge in [-0.1, -0.05) is 30.3 Å². The lowest BCUT2D eigenvalue weighted by Crippen LogP contribution is -2.43. The number of benzene rings is 1. The van der Waals surface area contributed by atoms with Gasteiger partial charge in [-0.2, -0.15) is 0 Å². The summed E-state index contributed by atoms with van der Waals surface area (Å²) >= 11 is 0. The van der Waals surface area contributed by atoms with Crippen molar-refractivity contribution in [2.45, 2.75) is 57.9 Å². The quantitative estimate of drug-likeness (QED) is 0.810. The van der Waals surface area contributed by atoms with Crippen molar-refractivity contribution in [3.8, 4) is 0 Å². The van der Waals surface area contributed by atoms with E-state index in [1.54, 1.807) is 25.7 Å². The van der Waals surface area contributed by atoms with Crippen LogP contribution in [0.4, 0.5) is 9.59 Å². The molecule has 2 atom stereocenters. The Labute approximate surface area is 152 Å². The number of fused-ring (bicyclic) bond motifs is 1. The van der Waals surface area contributed by atoms with E-state index < -0.39 is 17.8 Å². The Kier molecular flexibility index (Phi) is 4.89. The van der Waals surface area contributed by atoms with Crippen molar-refractivity contribution in [3.63, 3.8) is 0 Å². The van der Waals surface area contributed by atoms with Crippen molar-refractivity contribution in [1.82, 2.24) is 9.80 Å². The molecule has 0 N–H and O–H groups in total. The number of amides is 3. The third kappa shape index (κ3) is 3.81. The Bertz CT molecular complexity index is 698. The average molecular weight is 360 g/mol. The number of hydrogen-bond donors (Lipinski definition) is 0. The molecule has 140 valence electrons. The van der Waals surface area contributed by atoms with Crippen LogP contribution in [0.1, 0.15) is 39.2 Å². The van der Waals surface area contributed by atoms with Crippen molar-refractivity contribution in [2.75, 3.05) is 6.54 Å². The summed E-state index contributed by atoms with van der Waals surface area (Å²) in [5.41, 5.74) is 0.248. The van der Waals surface area contributed by atoms with Crippen molar-refractivity contribution in [2.24, 2.45) is 0 Å². The molecule has 3 rings (SSSR count). The summed E-state index contributed by atoms with van der Waals surface area (Å²) < 4.78 is 10.7. The second-order valence-electron chi connectivity index (χ2n) is 7.61. The van der Waals surface area contributed by atoms with Gasteiger partial charge in [0, 0.05) is 13.0 Å². The van der Waals surface area contributed by atoms with E-state index in [-0.39, 0.29) is 31.0 Å². The third-order valence-electron chi connectivity index (χ3n) is 4.52. The number of rotatable bonds is 2. The minimum atomic E-state index is -0.655. The Morgan fingerprint density at radius 1 is 1.12 bits per heavy atom. The van der Waals surface area contributed by atoms with Gasteiger partial charge in [-0.3, -0.25) is 4.79 Å². The van der Waals surface area contributed by atoms with Gasteiger partial charge >= 0.3 is 12.2 Å². The summed E-state index contributed by atoms with van der Waals surface area (Å²) in [6, 6.07) is 8.60. The lowest BCUT2D eigenvalue weighted by molar-refractivity contribution is -0.127. The molecule has 3 amide bonds. The first-order chi connectivity index (χ1) is 12.3. The van der Waals surface area contributed by atoms with Crippen LogP contribution in [0.3, 0.4) is 0 Å². The van der Waals surface area contributed by atoms with Gasteiger partial charge < -0.3 is 14.4 Å². The molecular formula is C19H24N2O5. The van der Waals surface area contributed by atoms with E-state index in [1.807, 2.05) is 30.3 Å². The van der Waals surface area contributed by atoms with E-state index in [9.17, 15) is 14.4 Å². The fraction of sp³-hybridized carbons (Fsp3) is 0.526. The van der Waals surface area contributed by atoms with E-state index in [4.69, 9.17) is 9.47 Å². The topological polar surface area (TPSA) is 76.2 Å². The molecule has 2 fully saturated rings. The molecule has 2 aliphatic heterocycles. The standard InChI is InChI=1S/C19H24N2O5/c1-19(2,3)26-17(23)20-10-9-14-15(20)11-16(22)21(14)18(24)25-12-13-7-5-4-6-8-13/h4-8,14-15H,9-12H2,1-3H3. The van der Waals surface area contributed by atoms with Crippen LogP contribution in [0, 0.1) is 0 Å². The Hall–Kier alpha value is -2.57. The molecule has 2 saturated heterocycles. The maximum Gasteiger partial charge on any atom is 0.417 e. The van der Waals surface area contributed by atoms with Gasteiger partial charge in [0.05, 0.1) is 12.1 Å². The molecule has 26 heavy (non-hydrogen) atoms. The van der Waals surface area contributed by atoms with E-state index >= 15 is 0 Å². The van der Waals surface area contributed by atoms with Gasteiger partial charge in [0.25, 0.3) is 0 Å². The van der Waals surface area contributed by atoms with E-state index in [2.05, 4.69) is 0 Å². The molecule has 0 radical (unpaired) electrons. The highest BCUT2D eigenvalue weighted by molar-refractivity contribution is 5.95. The monoisotopic (exact) mass is 360 g/mol. The van der Waals surface area contributed by atoms with Crippen LogP contribution in [-0.4, -0.2) is 52.1 Å². The first-order valence-corrected chi connectivity index (χ1v) is 8.78. The molecule has 2 aliphatic rings. The highest BCUT2D eigenvalue weighted by Crippen LogP contribution is 2.34. The summed E-state index contributed by atoms with van der Waals surface area (Å²) in [5, 5.41) is 0. The summed E-state index contributed by atoms with van der Waals surface area (Å²) in [6.07, 6.45) is -0.449. The summed E-state index contributed by atoms with van der Waals surface area (Å²) in [4.78, 5) is 39.8. The molecule has 7 heteroatoms. The maximum absolute atomic E-state index is 12.4. The third-order valence-corrected chi connectivity index (χ3v) is 4.52. The fourth-order valence-electron chi connectivity index (χ4n) is 3.42. The van der Waals surface area contributed by atoms with Crippen molar-refractivity contribution < 1.29 is 23.9 Å². The number of imide groups is 1. The molecule has 2 heterocycles. The Morgan fingerprint density at radius 2 is 1.81 bits per heavy atom. The molecule has 0 aliphatic carbocycles. The lowest BCUT2D eigenvalue weighted by Gasteiger charge is -2.27. The molecular weight excluding hydrogens is 336 g/mol. The fourth-order valence-corrected chi connectivity index (χ4v) is 3.42. The number of carbonyl (C=O) groups is 3. The second-order valence-corrected chi connectivity index (χ2v) is 7.61. The van der Waals surface area contributed by atoms with Gasteiger partial charge in [-0.15, -0.1) is 0 Å². The zero-order valence-corrected chi connectivity index (χ0v) is 15.3. The van der Waals surface area contributed by atoms with Crippen molar-refractivity contribution >= 4 is 18.1 Å². The number of hydrogen-bond acceptors (Lipinski definition) is 5. The number of likely N-dealkylation sites (tertiary alicyclic amines) is 2. The van der Waals surface area contributed by atoms with Crippen molar-refractivity contribution in [1.29, 1.82) is 0 Å². The summed E-state index contributed by atoms with van der Waals surface area (Å²) in [5.74, 6) is -0.314. The van der Waals surface area contributed by atoms with E-state index in [1.165, 1.54) is 0 Å². The highest BCUT2D eigenvalue weighted by Gasteiger charge is 2.52. The summed E-state index contributed by atoms with van der Waals surface area (Å²) in [6.45, 7) is 5.96. The molecule has 0 bridgehead atoms. The van der Waals surface area contributed by atoms with Crippen LogP contribution in [0.5, 0.6) is 0 Å². The lowest BCUT2D eigenvalue weighted by atomic mass is 10.1. The molecule has 1 aromatic rings. The highest BCUT2D eigenvalue weighted by atomic mass is 16.6. The molecule has 2 unspecified atom stereocenters. The van der Waals surface area contributed by atoms with Gasteiger partial charge in [-0.25, -0.2) is 14.5 Å². The zero-order valence-electron chi connectivity index (χ0n) is 15.3. The van der Waals surface area contributed by atoms with E-state index in [0.29, 0.717) is 13.0 Å². The minimum Gasteiger partial charge on any atom is -0.444 e. The SMILES string of the molecule is CC(C)(C)OC(=O)N1CCC2C1CC(=O)N2C(=O)OCc1ccccc1. The van der Waals surface area contributed by atoms with Crippen molar-refractivity contribution in [3.05, 3.63) is 35.9 Å². The first kappa shape index (κ1) is 18.2. The smallest absolute Gasteiger partial charge is 0.417 e. The number of ether oxygens (including phenoxy) is 2. The van der Waals surface area contributed by atoms with Crippen LogP contribution in [0.15, 0.2) is 30.3 Å². The first-order valence-electron chi connectivity index (χ1n) is 8.78. The Morgan fingerprint density at radius 3 is 2.46 bits per heavy atom. The molecule has 1 aromatic carbocycles. The minimum absolute atomic E-state index is 0.108. The van der Waals surface area contributed by atoms with Crippen LogP contribution in [-0.2, 0) is 20.9 Å². The number of nitrogens with zero attached hydrogens (tertiary/aromatic N) is 2. The molecule has 0 aromatic heterocycles. The largest absolute Gasteiger partial charge is 0.444 e. The van der Waals surface area contributed by atoms with E-state index in [0.717, 1.165) is 10.5 Å². The summed E-state index contributed by atoms with van der Waals surface area (Å²) in [7, 11) is 0. The van der Waals surface area contributed by atoms with Gasteiger partial charge in [-0.05, 0) is 32.8 Å². The van der Waals surface area contributed by atoms with Gasteiger partial charge in [0.1, 0.15) is 12.2 Å². The van der Waals surface area contributed by atoms with Crippen LogP contribution in [0.25, 0.3) is 0 Å².